The number of aromatic hydroxyl groups is 2. The lowest BCUT2D eigenvalue weighted by Gasteiger charge is -2.18. The van der Waals surface area contributed by atoms with Crippen LogP contribution in [0.5, 0.6) is 17.2 Å². The van der Waals surface area contributed by atoms with Crippen LogP contribution >= 0.6 is 11.3 Å². The molecular formula is C26H22N4O4S. The Morgan fingerprint density at radius 1 is 1.09 bits per heavy atom. The van der Waals surface area contributed by atoms with Gasteiger partial charge in [-0.1, -0.05) is 12.1 Å². The Kier molecular flexibility index (Phi) is 5.84. The van der Waals surface area contributed by atoms with Gasteiger partial charge in [-0.25, -0.2) is 9.67 Å². The minimum Gasteiger partial charge on any atom is -0.508 e. The molecule has 3 aromatic carbocycles. The molecule has 1 amide bonds. The highest BCUT2D eigenvalue weighted by molar-refractivity contribution is 7.07. The van der Waals surface area contributed by atoms with E-state index in [1.54, 1.807) is 10.7 Å². The molecular weight excluding hydrogens is 464 g/mol. The summed E-state index contributed by atoms with van der Waals surface area (Å²) in [5, 5.41) is 29.2. The Balaban J connectivity index is 1.66. The van der Waals surface area contributed by atoms with Gasteiger partial charge in [-0.2, -0.15) is 5.10 Å². The van der Waals surface area contributed by atoms with Crippen molar-refractivity contribution < 1.29 is 19.7 Å². The molecule has 0 aliphatic carbocycles. The number of nitrogens with one attached hydrogen (secondary N) is 1. The normalized spacial score (nSPS) is 13.5. The van der Waals surface area contributed by atoms with Crippen LogP contribution in [0.15, 0.2) is 70.1 Å². The Morgan fingerprint density at radius 3 is 2.77 bits per heavy atom. The fourth-order valence-electron chi connectivity index (χ4n) is 3.63. The number of carbonyl (C=O) groups is 1. The third-order valence-electron chi connectivity index (χ3n) is 5.50. The molecule has 35 heavy (non-hydrogen) atoms. The van der Waals surface area contributed by atoms with Crippen LogP contribution < -0.4 is 14.9 Å². The van der Waals surface area contributed by atoms with Gasteiger partial charge in [0.25, 0.3) is 5.91 Å². The predicted molar refractivity (Wildman–Crippen MR) is 136 cm³/mol. The van der Waals surface area contributed by atoms with E-state index < -0.39 is 0 Å². The van der Waals surface area contributed by atoms with Gasteiger partial charge in [0, 0.05) is 22.6 Å². The molecule has 0 saturated carbocycles. The summed E-state index contributed by atoms with van der Waals surface area (Å²) in [6.07, 6.45) is 1.51. The van der Waals surface area contributed by atoms with Crippen LogP contribution in [0.4, 0.5) is 11.4 Å². The molecule has 1 aromatic heterocycles. The average molecular weight is 487 g/mol. The van der Waals surface area contributed by atoms with Crippen molar-refractivity contribution >= 4 is 34.8 Å². The highest BCUT2D eigenvalue weighted by Gasteiger charge is 2.18. The summed E-state index contributed by atoms with van der Waals surface area (Å²) in [5.74, 6) is 0.271. The molecule has 9 heteroatoms. The lowest BCUT2D eigenvalue weighted by atomic mass is 10.1. The smallest absolute Gasteiger partial charge is 0.262 e. The van der Waals surface area contributed by atoms with Gasteiger partial charge in [0.1, 0.15) is 17.2 Å². The first-order valence-electron chi connectivity index (χ1n) is 10.8. The van der Waals surface area contributed by atoms with E-state index in [0.717, 1.165) is 28.1 Å². The molecule has 2 heterocycles. The molecule has 0 bridgehead atoms. The van der Waals surface area contributed by atoms with Crippen LogP contribution in [0.1, 0.15) is 16.7 Å². The fraction of sp³-hybridized carbons (Fsp3) is 0.115. The lowest BCUT2D eigenvalue weighted by molar-refractivity contribution is -0.118. The number of aromatic nitrogens is 1. The second-order valence-corrected chi connectivity index (χ2v) is 8.99. The zero-order valence-corrected chi connectivity index (χ0v) is 19.8. The van der Waals surface area contributed by atoms with Crippen molar-refractivity contribution in [2.45, 2.75) is 13.8 Å². The standard InChI is InChI=1S/C26H22N4O4S/c1-15-3-4-16(2)20(9-15)29-26-30(27-12-18-5-7-19(31)11-23(18)32)22(14-35-26)17-6-8-24-21(10-17)28-25(33)13-34-24/h3-12,14,31-32H,13H2,1-2H3,(H,28,33). The molecule has 4 aromatic rings. The van der Waals surface area contributed by atoms with Gasteiger partial charge in [0.2, 0.25) is 4.80 Å². The van der Waals surface area contributed by atoms with Gasteiger partial charge in [-0.05, 0) is 61.4 Å². The number of hydrogen-bond acceptors (Lipinski definition) is 7. The maximum absolute atomic E-state index is 11.8. The third kappa shape index (κ3) is 4.67. The van der Waals surface area contributed by atoms with Gasteiger partial charge in [-0.3, -0.25) is 4.79 Å². The predicted octanol–water partition coefficient (Wildman–Crippen LogP) is 4.69. The lowest BCUT2D eigenvalue weighted by Crippen LogP contribution is -2.25. The van der Waals surface area contributed by atoms with E-state index in [2.05, 4.69) is 10.4 Å². The number of rotatable bonds is 4. The highest BCUT2D eigenvalue weighted by atomic mass is 32.1. The SMILES string of the molecule is Cc1ccc(C)c(N=c2scc(-c3ccc4c(c3)NC(=O)CO4)n2N=Cc2ccc(O)cc2O)c1. The number of anilines is 1. The first kappa shape index (κ1) is 22.4. The quantitative estimate of drug-likeness (QED) is 0.364. The summed E-state index contributed by atoms with van der Waals surface area (Å²) in [6, 6.07) is 15.9. The molecule has 5 rings (SSSR count). The molecule has 0 unspecified atom stereocenters. The summed E-state index contributed by atoms with van der Waals surface area (Å²) >= 11 is 1.42. The highest BCUT2D eigenvalue weighted by Crippen LogP contribution is 2.33. The first-order valence-corrected chi connectivity index (χ1v) is 11.7. The molecule has 0 fully saturated rings. The third-order valence-corrected chi connectivity index (χ3v) is 6.32. The van der Waals surface area contributed by atoms with E-state index in [1.807, 2.05) is 55.6 Å². The Labute approximate surface area is 205 Å². The summed E-state index contributed by atoms with van der Waals surface area (Å²) < 4.78 is 7.17. The number of carbonyl (C=O) groups excluding carboxylic acids is 1. The molecule has 1 aliphatic rings. The molecule has 1 aliphatic heterocycles. The van der Waals surface area contributed by atoms with E-state index in [4.69, 9.17) is 9.73 Å². The number of benzene rings is 3. The Morgan fingerprint density at radius 2 is 1.94 bits per heavy atom. The van der Waals surface area contributed by atoms with Crippen molar-refractivity contribution in [3.05, 3.63) is 81.5 Å². The van der Waals surface area contributed by atoms with Gasteiger partial charge < -0.3 is 20.3 Å². The van der Waals surface area contributed by atoms with Crippen LogP contribution in [-0.2, 0) is 4.79 Å². The van der Waals surface area contributed by atoms with E-state index in [9.17, 15) is 15.0 Å². The van der Waals surface area contributed by atoms with Crippen LogP contribution in [0, 0.1) is 13.8 Å². The summed E-state index contributed by atoms with van der Waals surface area (Å²) in [4.78, 5) is 17.3. The number of amides is 1. The minimum absolute atomic E-state index is 0.00984. The summed E-state index contributed by atoms with van der Waals surface area (Å²) in [6.45, 7) is 4.01. The second kappa shape index (κ2) is 9.11. The van der Waals surface area contributed by atoms with Crippen molar-refractivity contribution in [1.29, 1.82) is 0 Å². The maximum Gasteiger partial charge on any atom is 0.262 e. The molecule has 0 saturated heterocycles. The molecule has 8 nitrogen and oxygen atoms in total. The largest absolute Gasteiger partial charge is 0.508 e. The number of phenols is 2. The van der Waals surface area contributed by atoms with Crippen LogP contribution in [0.3, 0.4) is 0 Å². The molecule has 176 valence electrons. The van der Waals surface area contributed by atoms with Gasteiger partial charge in [0.05, 0.1) is 23.3 Å². The van der Waals surface area contributed by atoms with E-state index in [-0.39, 0.29) is 24.0 Å². The van der Waals surface area contributed by atoms with Gasteiger partial charge >= 0.3 is 0 Å². The van der Waals surface area contributed by atoms with E-state index in [0.29, 0.717) is 21.8 Å². The molecule has 3 N–H and O–H groups in total. The van der Waals surface area contributed by atoms with Crippen LogP contribution in [0.2, 0.25) is 0 Å². The number of fused-ring (bicyclic) bond motifs is 1. The van der Waals surface area contributed by atoms with Gasteiger partial charge in [0.15, 0.2) is 6.61 Å². The fourth-order valence-corrected chi connectivity index (χ4v) is 4.48. The van der Waals surface area contributed by atoms with Crippen molar-refractivity contribution in [2.24, 2.45) is 10.1 Å². The van der Waals surface area contributed by atoms with Crippen LogP contribution in [0.25, 0.3) is 11.3 Å². The number of nitrogens with zero attached hydrogens (tertiary/aromatic N) is 3. The zero-order valence-electron chi connectivity index (χ0n) is 19.0. The minimum atomic E-state index is -0.209. The first-order chi connectivity index (χ1) is 16.9. The zero-order chi connectivity index (χ0) is 24.5. The number of hydrogen-bond donors (Lipinski definition) is 3. The number of thiazole rings is 1. The molecule has 0 radical (unpaired) electrons. The van der Waals surface area contributed by atoms with Crippen molar-refractivity contribution in [3.8, 4) is 28.5 Å². The molecule has 0 spiro atoms. The van der Waals surface area contributed by atoms with Crippen molar-refractivity contribution in [3.63, 3.8) is 0 Å². The topological polar surface area (TPSA) is 108 Å². The Bertz CT molecular complexity index is 1550. The van der Waals surface area contributed by atoms with E-state index >= 15 is 0 Å². The molecule has 0 atom stereocenters. The van der Waals surface area contributed by atoms with Crippen molar-refractivity contribution in [2.75, 3.05) is 11.9 Å². The van der Waals surface area contributed by atoms with Gasteiger partial charge in [-0.15, -0.1) is 11.3 Å². The average Bonchev–Trinajstić information content (AvgIpc) is 3.22. The Hall–Kier alpha value is -4.37. The number of ether oxygens (including phenoxy) is 1. The summed E-state index contributed by atoms with van der Waals surface area (Å²) in [5.41, 5.74) is 5.55. The number of aryl methyl sites for hydroxylation is 2. The monoisotopic (exact) mass is 486 g/mol. The summed E-state index contributed by atoms with van der Waals surface area (Å²) in [7, 11) is 0. The van der Waals surface area contributed by atoms with Crippen LogP contribution in [-0.4, -0.2) is 33.6 Å². The number of phenolic OH excluding ortho intramolecular Hbond substituents is 2. The second-order valence-electron chi connectivity index (χ2n) is 8.15. The van der Waals surface area contributed by atoms with E-state index in [1.165, 1.54) is 29.7 Å². The maximum atomic E-state index is 11.8. The van der Waals surface area contributed by atoms with Crippen molar-refractivity contribution in [1.82, 2.24) is 4.68 Å².